The number of carbonyl (C=O) groups is 1. The Hall–Kier alpha value is -4.07. The number of carbonyl (C=O) groups excluding carboxylic acids is 1. The van der Waals surface area contributed by atoms with Gasteiger partial charge in [-0.2, -0.15) is 5.10 Å². The molecule has 0 aromatic carbocycles. The first kappa shape index (κ1) is 16.8. The minimum absolute atomic E-state index is 0.0573. The monoisotopic (exact) mass is 395 g/mol. The van der Waals surface area contributed by atoms with Gasteiger partial charge in [-0.3, -0.25) is 24.8 Å². The maximum Gasteiger partial charge on any atom is 0.227 e. The lowest BCUT2D eigenvalue weighted by Crippen LogP contribution is -2.13. The van der Waals surface area contributed by atoms with Crippen molar-refractivity contribution in [2.75, 3.05) is 5.32 Å². The number of aromatic amines is 2. The van der Waals surface area contributed by atoms with Gasteiger partial charge in [-0.15, -0.1) is 0 Å². The standard InChI is InChI=1S/C22H17N7O/c30-22(12-3-4-12)26-14-6-13(9-23-10-14)17-7-15-20(11-25-17)28-29-21(15)19-8-18-16(27-19)2-1-5-24-18/h1-2,5-12,27H,3-4H2,(H,26,30)(H,28,29). The molecule has 30 heavy (non-hydrogen) atoms. The Morgan fingerprint density at radius 3 is 2.87 bits per heavy atom. The number of hydrogen-bond donors (Lipinski definition) is 3. The molecule has 1 amide bonds. The molecule has 8 heteroatoms. The van der Waals surface area contributed by atoms with Crippen LogP contribution in [0.3, 0.4) is 0 Å². The zero-order chi connectivity index (χ0) is 20.1. The van der Waals surface area contributed by atoms with Crippen LogP contribution in [-0.2, 0) is 4.79 Å². The molecule has 0 radical (unpaired) electrons. The molecular weight excluding hydrogens is 378 g/mol. The Morgan fingerprint density at radius 1 is 1.07 bits per heavy atom. The van der Waals surface area contributed by atoms with E-state index in [1.54, 1.807) is 24.8 Å². The van der Waals surface area contributed by atoms with Gasteiger partial charge < -0.3 is 10.3 Å². The van der Waals surface area contributed by atoms with Gasteiger partial charge in [-0.05, 0) is 43.2 Å². The van der Waals surface area contributed by atoms with Crippen LogP contribution in [0.15, 0.2) is 55.1 Å². The number of fused-ring (bicyclic) bond motifs is 2. The largest absolute Gasteiger partial charge is 0.352 e. The summed E-state index contributed by atoms with van der Waals surface area (Å²) in [6, 6.07) is 9.75. The molecule has 0 aliphatic heterocycles. The van der Waals surface area contributed by atoms with E-state index in [1.807, 2.05) is 30.3 Å². The van der Waals surface area contributed by atoms with Crippen molar-refractivity contribution in [2.24, 2.45) is 5.92 Å². The first-order valence-corrected chi connectivity index (χ1v) is 9.79. The van der Waals surface area contributed by atoms with Crippen LogP contribution >= 0.6 is 0 Å². The molecule has 5 heterocycles. The van der Waals surface area contributed by atoms with Crippen molar-refractivity contribution < 1.29 is 4.79 Å². The highest BCUT2D eigenvalue weighted by atomic mass is 16.2. The molecule has 1 saturated carbocycles. The third-order valence-electron chi connectivity index (χ3n) is 5.34. The highest BCUT2D eigenvalue weighted by Crippen LogP contribution is 2.32. The van der Waals surface area contributed by atoms with Crippen LogP contribution < -0.4 is 5.32 Å². The number of rotatable bonds is 4. The van der Waals surface area contributed by atoms with Crippen LogP contribution in [0.2, 0.25) is 0 Å². The minimum atomic E-state index is 0.0573. The van der Waals surface area contributed by atoms with Crippen molar-refractivity contribution in [3.05, 3.63) is 55.1 Å². The summed E-state index contributed by atoms with van der Waals surface area (Å²) in [4.78, 5) is 28.6. The Balaban J connectivity index is 1.40. The highest BCUT2D eigenvalue weighted by molar-refractivity contribution is 5.97. The van der Waals surface area contributed by atoms with Crippen LogP contribution in [0.4, 0.5) is 5.69 Å². The summed E-state index contributed by atoms with van der Waals surface area (Å²) < 4.78 is 0. The molecule has 0 spiro atoms. The smallest absolute Gasteiger partial charge is 0.227 e. The molecule has 3 N–H and O–H groups in total. The molecule has 1 fully saturated rings. The fourth-order valence-corrected chi connectivity index (χ4v) is 3.60. The van der Waals surface area contributed by atoms with E-state index in [4.69, 9.17) is 0 Å². The topological polar surface area (TPSA) is 112 Å². The highest BCUT2D eigenvalue weighted by Gasteiger charge is 2.29. The van der Waals surface area contributed by atoms with E-state index in [2.05, 4.69) is 35.5 Å². The predicted octanol–water partition coefficient (Wildman–Crippen LogP) is 3.91. The minimum Gasteiger partial charge on any atom is -0.352 e. The van der Waals surface area contributed by atoms with Crippen molar-refractivity contribution in [1.82, 2.24) is 30.1 Å². The van der Waals surface area contributed by atoms with Crippen LogP contribution in [0.5, 0.6) is 0 Å². The van der Waals surface area contributed by atoms with Gasteiger partial charge in [0, 0.05) is 29.3 Å². The molecule has 1 aliphatic carbocycles. The first-order chi connectivity index (χ1) is 14.7. The maximum absolute atomic E-state index is 12.1. The second kappa shape index (κ2) is 6.48. The summed E-state index contributed by atoms with van der Waals surface area (Å²) in [5, 5.41) is 11.4. The average molecular weight is 395 g/mol. The average Bonchev–Trinajstić information content (AvgIpc) is 3.40. The molecular formula is C22H17N7O. The summed E-state index contributed by atoms with van der Waals surface area (Å²) in [6.45, 7) is 0. The quantitative estimate of drug-likeness (QED) is 0.427. The lowest BCUT2D eigenvalue weighted by atomic mass is 10.1. The predicted molar refractivity (Wildman–Crippen MR) is 114 cm³/mol. The lowest BCUT2D eigenvalue weighted by molar-refractivity contribution is -0.117. The summed E-state index contributed by atoms with van der Waals surface area (Å²) >= 11 is 0. The van der Waals surface area contributed by atoms with E-state index in [1.165, 1.54) is 0 Å². The fraction of sp³-hybridized carbons (Fsp3) is 0.136. The molecule has 0 atom stereocenters. The van der Waals surface area contributed by atoms with Crippen molar-refractivity contribution in [3.63, 3.8) is 0 Å². The second-order valence-electron chi connectivity index (χ2n) is 7.53. The van der Waals surface area contributed by atoms with Gasteiger partial charge in [0.05, 0.1) is 46.0 Å². The molecule has 1 aliphatic rings. The van der Waals surface area contributed by atoms with Gasteiger partial charge in [0.25, 0.3) is 0 Å². The zero-order valence-corrected chi connectivity index (χ0v) is 15.9. The number of aromatic nitrogens is 6. The van der Waals surface area contributed by atoms with Crippen LogP contribution in [0, 0.1) is 5.92 Å². The van der Waals surface area contributed by atoms with Crippen LogP contribution in [0.1, 0.15) is 12.8 Å². The number of amides is 1. The van der Waals surface area contributed by atoms with Crippen molar-refractivity contribution in [1.29, 1.82) is 0 Å². The van der Waals surface area contributed by atoms with Crippen LogP contribution in [0.25, 0.3) is 44.6 Å². The van der Waals surface area contributed by atoms with Gasteiger partial charge in [-0.25, -0.2) is 0 Å². The molecule has 6 rings (SSSR count). The molecule has 8 nitrogen and oxygen atoms in total. The normalized spacial score (nSPS) is 13.7. The Bertz CT molecular complexity index is 1380. The van der Waals surface area contributed by atoms with Crippen molar-refractivity contribution in [2.45, 2.75) is 12.8 Å². The lowest BCUT2D eigenvalue weighted by Gasteiger charge is -2.06. The van der Waals surface area contributed by atoms with E-state index in [0.29, 0.717) is 5.69 Å². The zero-order valence-electron chi connectivity index (χ0n) is 15.9. The molecule has 0 bridgehead atoms. The molecule has 0 unspecified atom stereocenters. The maximum atomic E-state index is 12.1. The number of pyridine rings is 3. The number of nitrogens with zero attached hydrogens (tertiary/aromatic N) is 4. The van der Waals surface area contributed by atoms with Gasteiger partial charge >= 0.3 is 0 Å². The van der Waals surface area contributed by atoms with Gasteiger partial charge in [-0.1, -0.05) is 0 Å². The summed E-state index contributed by atoms with van der Waals surface area (Å²) in [6.07, 6.45) is 8.86. The molecule has 5 aromatic rings. The molecule has 0 saturated heterocycles. The van der Waals surface area contributed by atoms with Crippen molar-refractivity contribution >= 4 is 33.5 Å². The van der Waals surface area contributed by atoms with E-state index < -0.39 is 0 Å². The van der Waals surface area contributed by atoms with Gasteiger partial charge in [0.15, 0.2) is 0 Å². The van der Waals surface area contributed by atoms with E-state index in [9.17, 15) is 4.79 Å². The third-order valence-corrected chi connectivity index (χ3v) is 5.34. The number of hydrogen-bond acceptors (Lipinski definition) is 5. The van der Waals surface area contributed by atoms with Gasteiger partial charge in [0.1, 0.15) is 5.69 Å². The second-order valence-corrected chi connectivity index (χ2v) is 7.53. The Kier molecular flexibility index (Phi) is 3.64. The molecule has 146 valence electrons. The first-order valence-electron chi connectivity index (χ1n) is 9.79. The SMILES string of the molecule is O=C(Nc1cncc(-c2cc3c(-c4cc5ncccc5[nH]4)n[nH]c3cn2)c1)C1CC1. The van der Waals surface area contributed by atoms with Gasteiger partial charge in [0.2, 0.25) is 5.91 Å². The fourth-order valence-electron chi connectivity index (χ4n) is 3.60. The van der Waals surface area contributed by atoms with E-state index in [0.717, 1.165) is 57.4 Å². The number of H-pyrrole nitrogens is 2. The Morgan fingerprint density at radius 2 is 2.00 bits per heavy atom. The molecule has 5 aromatic heterocycles. The van der Waals surface area contributed by atoms with E-state index in [-0.39, 0.29) is 11.8 Å². The van der Waals surface area contributed by atoms with E-state index >= 15 is 0 Å². The third kappa shape index (κ3) is 2.89. The number of nitrogens with one attached hydrogen (secondary N) is 3. The van der Waals surface area contributed by atoms with Crippen molar-refractivity contribution in [3.8, 4) is 22.6 Å². The summed E-state index contributed by atoms with van der Waals surface area (Å²) in [7, 11) is 0. The van der Waals surface area contributed by atoms with Crippen LogP contribution in [-0.4, -0.2) is 36.0 Å². The number of anilines is 1. The Labute approximate surface area is 170 Å². The summed E-state index contributed by atoms with van der Waals surface area (Å²) in [5.74, 6) is 0.198. The summed E-state index contributed by atoms with van der Waals surface area (Å²) in [5.41, 5.74) is 6.65.